The highest BCUT2D eigenvalue weighted by Crippen LogP contribution is 2.39. The molecule has 0 unspecified atom stereocenters. The minimum Gasteiger partial charge on any atom is -0.433 e. The highest BCUT2D eigenvalue weighted by atomic mass is 32.2. The molecule has 1 fully saturated rings. The number of rotatable bonds is 8. The molecule has 0 aliphatic carbocycles. The average Bonchev–Trinajstić information content (AvgIpc) is 3.19. The molecular formula is C26H27F5N4O3S2. The lowest BCUT2D eigenvalue weighted by molar-refractivity contribution is -0.126. The lowest BCUT2D eigenvalue weighted by Gasteiger charge is -2.30. The third-order valence-electron chi connectivity index (χ3n) is 6.34. The molecule has 1 aliphatic rings. The molecule has 0 atom stereocenters. The predicted octanol–water partition coefficient (Wildman–Crippen LogP) is 5.22. The maximum absolute atomic E-state index is 13.5. The summed E-state index contributed by atoms with van der Waals surface area (Å²) in [5.74, 6) is 5.07. The van der Waals surface area contributed by atoms with Crippen LogP contribution in [0.4, 0.5) is 33.3 Å². The highest BCUT2D eigenvalue weighted by Gasteiger charge is 2.31. The van der Waals surface area contributed by atoms with Gasteiger partial charge >= 0.3 is 12.8 Å². The summed E-state index contributed by atoms with van der Waals surface area (Å²) in [7, 11) is -2.12. The number of ether oxygens (including phenoxy) is 1. The summed E-state index contributed by atoms with van der Waals surface area (Å²) in [6.45, 7) is -1.52. The van der Waals surface area contributed by atoms with E-state index >= 15 is 0 Å². The van der Waals surface area contributed by atoms with Crippen molar-refractivity contribution in [3.63, 3.8) is 0 Å². The average molecular weight is 603 g/mol. The Morgan fingerprint density at radius 2 is 1.90 bits per heavy atom. The Kier molecular flexibility index (Phi) is 9.09. The van der Waals surface area contributed by atoms with Crippen molar-refractivity contribution in [2.24, 2.45) is 5.14 Å². The Morgan fingerprint density at radius 1 is 1.18 bits per heavy atom. The number of likely N-dealkylation sites (tertiary alicyclic amines) is 1. The van der Waals surface area contributed by atoms with Crippen LogP contribution in [-0.4, -0.2) is 58.8 Å². The Balaban J connectivity index is 1.60. The molecule has 0 amide bonds. The highest BCUT2D eigenvalue weighted by molar-refractivity contribution is 7.89. The van der Waals surface area contributed by atoms with E-state index in [2.05, 4.69) is 32.1 Å². The van der Waals surface area contributed by atoms with Crippen LogP contribution in [0.15, 0.2) is 41.3 Å². The third kappa shape index (κ3) is 7.75. The van der Waals surface area contributed by atoms with E-state index in [9.17, 15) is 30.4 Å². The monoisotopic (exact) mass is 602 g/mol. The SMILES string of the molecule is CN1CCC(Nc2cccc3c(CC(F)(F)F)c(C#CCNc4ccc(S(N)(=O)=O)cc4OC(F)F)sc23)CC1. The number of nitrogens with two attached hydrogens (primary N) is 1. The number of benzene rings is 2. The summed E-state index contributed by atoms with van der Waals surface area (Å²) in [6.07, 6.45) is -3.76. The quantitative estimate of drug-likeness (QED) is 0.242. The predicted molar refractivity (Wildman–Crippen MR) is 146 cm³/mol. The molecule has 0 bridgehead atoms. The third-order valence-corrected chi connectivity index (χ3v) is 8.45. The number of thiophene rings is 1. The smallest absolute Gasteiger partial charge is 0.393 e. The number of hydrogen-bond acceptors (Lipinski definition) is 7. The van der Waals surface area contributed by atoms with Crippen molar-refractivity contribution in [2.45, 2.75) is 43.0 Å². The first kappa shape index (κ1) is 29.9. The zero-order chi connectivity index (χ0) is 29.1. The maximum Gasteiger partial charge on any atom is 0.393 e. The molecule has 0 saturated carbocycles. The Morgan fingerprint density at radius 3 is 2.55 bits per heavy atom. The molecule has 4 rings (SSSR count). The van der Waals surface area contributed by atoms with Gasteiger partial charge < -0.3 is 20.3 Å². The van der Waals surface area contributed by atoms with E-state index in [0.29, 0.717) is 10.1 Å². The van der Waals surface area contributed by atoms with Crippen LogP contribution < -0.4 is 20.5 Å². The van der Waals surface area contributed by atoms with Crippen molar-refractivity contribution in [2.75, 3.05) is 37.3 Å². The van der Waals surface area contributed by atoms with E-state index in [-0.39, 0.29) is 28.7 Å². The van der Waals surface area contributed by atoms with Gasteiger partial charge in [0.25, 0.3) is 0 Å². The summed E-state index contributed by atoms with van der Waals surface area (Å²) >= 11 is 1.16. The summed E-state index contributed by atoms with van der Waals surface area (Å²) in [4.78, 5) is 2.05. The van der Waals surface area contributed by atoms with Gasteiger partial charge in [-0.25, -0.2) is 13.6 Å². The molecule has 2 heterocycles. The molecule has 1 saturated heterocycles. The van der Waals surface area contributed by atoms with Crippen LogP contribution in [0.5, 0.6) is 5.75 Å². The van der Waals surface area contributed by atoms with Gasteiger partial charge in [0.15, 0.2) is 5.75 Å². The first-order valence-electron chi connectivity index (χ1n) is 12.2. The van der Waals surface area contributed by atoms with Crippen molar-refractivity contribution in [1.29, 1.82) is 0 Å². The van der Waals surface area contributed by atoms with Gasteiger partial charge in [0, 0.05) is 12.1 Å². The zero-order valence-corrected chi connectivity index (χ0v) is 23.0. The second-order valence-corrected chi connectivity index (χ2v) is 11.9. The van der Waals surface area contributed by atoms with Crippen LogP contribution in [0, 0.1) is 11.8 Å². The molecule has 7 nitrogen and oxygen atoms in total. The first-order valence-corrected chi connectivity index (χ1v) is 14.6. The van der Waals surface area contributed by atoms with Crippen molar-refractivity contribution >= 4 is 42.8 Å². The van der Waals surface area contributed by atoms with Gasteiger partial charge in [-0.15, -0.1) is 11.3 Å². The van der Waals surface area contributed by atoms with E-state index in [1.165, 1.54) is 6.07 Å². The fourth-order valence-electron chi connectivity index (χ4n) is 4.42. The molecule has 1 aromatic heterocycles. The first-order chi connectivity index (χ1) is 18.8. The van der Waals surface area contributed by atoms with E-state index in [0.717, 1.165) is 55.1 Å². The van der Waals surface area contributed by atoms with Gasteiger partial charge in [0.2, 0.25) is 10.0 Å². The molecule has 0 spiro atoms. The van der Waals surface area contributed by atoms with Gasteiger partial charge in [0.05, 0.1) is 38.8 Å². The van der Waals surface area contributed by atoms with Gasteiger partial charge in [-0.3, -0.25) is 0 Å². The lowest BCUT2D eigenvalue weighted by atomic mass is 10.0. The van der Waals surface area contributed by atoms with Crippen LogP contribution in [-0.2, 0) is 16.4 Å². The van der Waals surface area contributed by atoms with E-state index < -0.39 is 39.9 Å². The molecule has 14 heteroatoms. The second-order valence-electron chi connectivity index (χ2n) is 9.34. The summed E-state index contributed by atoms with van der Waals surface area (Å²) in [5.41, 5.74) is 0.847. The number of halogens is 5. The van der Waals surface area contributed by atoms with Crippen molar-refractivity contribution in [3.05, 3.63) is 46.8 Å². The van der Waals surface area contributed by atoms with E-state index in [4.69, 9.17) is 5.14 Å². The van der Waals surface area contributed by atoms with Gasteiger partial charge in [0.1, 0.15) is 0 Å². The molecule has 4 N–H and O–H groups in total. The summed E-state index contributed by atoms with van der Waals surface area (Å²) < 4.78 is 94.4. The van der Waals surface area contributed by atoms with Crippen LogP contribution in [0.1, 0.15) is 23.3 Å². The maximum atomic E-state index is 13.5. The minimum atomic E-state index is -4.45. The van der Waals surface area contributed by atoms with Crippen molar-refractivity contribution in [1.82, 2.24) is 4.90 Å². The Bertz CT molecular complexity index is 1520. The van der Waals surface area contributed by atoms with Gasteiger partial charge in [-0.2, -0.15) is 22.0 Å². The normalized spacial score (nSPS) is 15.2. The number of alkyl halides is 5. The molecule has 2 aromatic carbocycles. The van der Waals surface area contributed by atoms with E-state index in [1.807, 2.05) is 13.1 Å². The number of nitrogens with zero attached hydrogens (tertiary/aromatic N) is 1. The number of anilines is 2. The number of sulfonamides is 1. The number of piperidine rings is 1. The van der Waals surface area contributed by atoms with Crippen LogP contribution in [0.25, 0.3) is 10.1 Å². The Hall–Kier alpha value is -3.12. The molecular weight excluding hydrogens is 575 g/mol. The standard InChI is InChI=1S/C26H27F5N4O3S2/c1-35-12-9-16(10-13-35)34-21-5-2-4-18-19(15-26(29,30)31)23(39-24(18)21)6-3-11-33-20-8-7-17(40(32,36)37)14-22(20)38-25(27)28/h2,4-5,7-8,14,16,25,33-34H,9-13,15H2,1H3,(H2,32,36,37). The van der Waals surface area contributed by atoms with Gasteiger partial charge in [-0.05, 0) is 62.1 Å². The number of nitrogens with one attached hydrogen (secondary N) is 2. The second kappa shape index (κ2) is 12.2. The molecule has 1 aliphatic heterocycles. The lowest BCUT2D eigenvalue weighted by Crippen LogP contribution is -2.36. The zero-order valence-electron chi connectivity index (χ0n) is 21.3. The van der Waals surface area contributed by atoms with Crippen LogP contribution in [0.3, 0.4) is 0 Å². The fraction of sp³-hybridized carbons (Fsp3) is 0.385. The van der Waals surface area contributed by atoms with Crippen molar-refractivity contribution in [3.8, 4) is 17.6 Å². The topological polar surface area (TPSA) is 96.7 Å². The fourth-order valence-corrected chi connectivity index (χ4v) is 6.12. The number of hydrogen-bond donors (Lipinski definition) is 3. The molecule has 0 radical (unpaired) electrons. The Labute approximate surface area is 232 Å². The van der Waals surface area contributed by atoms with Gasteiger partial charge in [-0.1, -0.05) is 24.0 Å². The summed E-state index contributed by atoms with van der Waals surface area (Å²) in [5, 5.41) is 11.8. The molecule has 3 aromatic rings. The largest absolute Gasteiger partial charge is 0.433 e. The van der Waals surface area contributed by atoms with Crippen LogP contribution in [0.2, 0.25) is 0 Å². The van der Waals surface area contributed by atoms with Crippen LogP contribution >= 0.6 is 11.3 Å². The number of primary sulfonamides is 1. The molecule has 40 heavy (non-hydrogen) atoms. The summed E-state index contributed by atoms with van der Waals surface area (Å²) in [6, 6.07) is 8.58. The minimum absolute atomic E-state index is 0.0125. The van der Waals surface area contributed by atoms with Crippen molar-refractivity contribution < 1.29 is 35.1 Å². The molecule has 216 valence electrons. The number of fused-ring (bicyclic) bond motifs is 1. The van der Waals surface area contributed by atoms with E-state index in [1.54, 1.807) is 12.1 Å².